The predicted octanol–water partition coefficient (Wildman–Crippen LogP) is 0.381. The summed E-state index contributed by atoms with van der Waals surface area (Å²) >= 11 is 3.49. The van der Waals surface area contributed by atoms with E-state index in [0.717, 1.165) is 7.11 Å². The second-order valence-corrected chi connectivity index (χ2v) is 3.48. The predicted molar refractivity (Wildman–Crippen MR) is 70.2 cm³/mol. The molecule has 0 spiro atoms. The number of carboxylic acids is 1. The number of hydrogen-bond acceptors (Lipinski definition) is 7. The van der Waals surface area contributed by atoms with Crippen LogP contribution in [-0.4, -0.2) is 34.3 Å². The average Bonchev–Trinajstić information content (AvgIpc) is 2.40. The molecule has 1 rings (SSSR count). The fourth-order valence-electron chi connectivity index (χ4n) is 1.25. The van der Waals surface area contributed by atoms with Crippen molar-refractivity contribution >= 4 is 24.6 Å². The molecule has 19 heavy (non-hydrogen) atoms. The Labute approximate surface area is 114 Å². The van der Waals surface area contributed by atoms with Crippen LogP contribution in [0.3, 0.4) is 0 Å². The fourth-order valence-corrected chi connectivity index (χ4v) is 1.41. The zero-order valence-corrected chi connectivity index (χ0v) is 10.9. The molecule has 0 aromatic heterocycles. The number of rotatable bonds is 5. The van der Waals surface area contributed by atoms with Gasteiger partial charge in [0.05, 0.1) is 4.92 Å². The van der Waals surface area contributed by atoms with E-state index in [2.05, 4.69) is 17.1 Å². The third-order valence-corrected chi connectivity index (χ3v) is 2.29. The minimum absolute atomic E-state index is 0.00300. The number of carboxylic acid groups (broad SMARTS) is 1. The zero-order valence-electron chi connectivity index (χ0n) is 10.0. The molecular weight excluding hydrogens is 276 g/mol. The Hall–Kier alpha value is -1.84. The molecule has 106 valence electrons. The van der Waals surface area contributed by atoms with E-state index < -0.39 is 16.9 Å². The first-order valence-corrected chi connectivity index (χ1v) is 5.34. The lowest BCUT2D eigenvalue weighted by atomic mass is 10.1. The van der Waals surface area contributed by atoms with Crippen molar-refractivity contribution in [3.63, 3.8) is 0 Å². The Bertz CT molecular complexity index is 454. The maximum atomic E-state index is 10.7. The van der Waals surface area contributed by atoms with E-state index in [9.17, 15) is 14.9 Å². The van der Waals surface area contributed by atoms with Crippen molar-refractivity contribution in [3.8, 4) is 5.75 Å². The maximum absolute atomic E-state index is 10.7. The second kappa shape index (κ2) is 8.29. The first kappa shape index (κ1) is 17.2. The lowest BCUT2D eigenvalue weighted by molar-refractivity contribution is -0.385. The van der Waals surface area contributed by atoms with E-state index in [0.29, 0.717) is 5.56 Å². The van der Waals surface area contributed by atoms with Crippen LogP contribution in [0.5, 0.6) is 5.75 Å². The summed E-state index contributed by atoms with van der Waals surface area (Å²) in [4.78, 5) is 20.6. The van der Waals surface area contributed by atoms with Crippen LogP contribution in [-0.2, 0) is 11.2 Å². The van der Waals surface area contributed by atoms with Crippen LogP contribution in [0.25, 0.3) is 0 Å². The van der Waals surface area contributed by atoms with Crippen molar-refractivity contribution in [1.29, 1.82) is 0 Å². The van der Waals surface area contributed by atoms with Gasteiger partial charge in [0.1, 0.15) is 6.04 Å². The number of carbonyl (C=O) groups is 1. The molecule has 0 radical (unpaired) electrons. The van der Waals surface area contributed by atoms with Crippen LogP contribution in [0, 0.1) is 10.1 Å². The molecule has 0 saturated carbocycles. The summed E-state index contributed by atoms with van der Waals surface area (Å²) in [6, 6.07) is 2.96. The van der Waals surface area contributed by atoms with Gasteiger partial charge in [0.15, 0.2) is 0 Å². The van der Waals surface area contributed by atoms with Gasteiger partial charge in [-0.05, 0) is 18.1 Å². The Morgan fingerprint density at radius 3 is 2.58 bits per heavy atom. The van der Waals surface area contributed by atoms with Crippen LogP contribution in [0.4, 0.5) is 5.69 Å². The van der Waals surface area contributed by atoms with Crippen molar-refractivity contribution < 1.29 is 24.1 Å². The maximum Gasteiger partial charge on any atom is 0.320 e. The number of nitro groups is 1. The smallest absolute Gasteiger partial charge is 0.320 e. The van der Waals surface area contributed by atoms with Crippen LogP contribution in [0.1, 0.15) is 5.56 Å². The summed E-state index contributed by atoms with van der Waals surface area (Å²) in [7, 11) is 1.00. The molecule has 8 nitrogen and oxygen atoms in total. The third kappa shape index (κ3) is 5.12. The Morgan fingerprint density at radius 1 is 1.58 bits per heavy atom. The standard InChI is InChI=1S/C9H10N2O5S.CH4O/c10-6(9(12)13)3-5-1-2-8(16-17)7(4-5)11(14)15;1-2/h1-2,4,6,17H,3,10H2,(H,12,13);2H,1H3. The van der Waals surface area contributed by atoms with Gasteiger partial charge in [0.2, 0.25) is 5.75 Å². The number of nitro benzene ring substituents is 1. The van der Waals surface area contributed by atoms with Gasteiger partial charge in [-0.3, -0.25) is 14.9 Å². The number of nitrogens with two attached hydrogens (primary N) is 1. The lowest BCUT2D eigenvalue weighted by Gasteiger charge is -2.07. The van der Waals surface area contributed by atoms with Crippen LogP contribution < -0.4 is 9.92 Å². The molecule has 0 aliphatic heterocycles. The Kier molecular flexibility index (Phi) is 7.49. The molecule has 1 unspecified atom stereocenters. The molecule has 0 aliphatic rings. The van der Waals surface area contributed by atoms with Crippen molar-refractivity contribution in [2.24, 2.45) is 5.73 Å². The van der Waals surface area contributed by atoms with Gasteiger partial charge in [0, 0.05) is 26.1 Å². The zero-order chi connectivity index (χ0) is 15.0. The van der Waals surface area contributed by atoms with Gasteiger partial charge in [-0.25, -0.2) is 0 Å². The molecule has 0 bridgehead atoms. The van der Waals surface area contributed by atoms with E-state index in [4.69, 9.17) is 15.9 Å². The lowest BCUT2D eigenvalue weighted by Crippen LogP contribution is -2.32. The highest BCUT2D eigenvalue weighted by Crippen LogP contribution is 2.28. The molecule has 0 amide bonds. The van der Waals surface area contributed by atoms with Gasteiger partial charge in [0.25, 0.3) is 0 Å². The van der Waals surface area contributed by atoms with Gasteiger partial charge in [-0.1, -0.05) is 6.07 Å². The van der Waals surface area contributed by atoms with Crippen molar-refractivity contribution in [3.05, 3.63) is 33.9 Å². The molecule has 1 aromatic carbocycles. The van der Waals surface area contributed by atoms with Crippen molar-refractivity contribution in [2.75, 3.05) is 7.11 Å². The molecule has 4 N–H and O–H groups in total. The fraction of sp³-hybridized carbons (Fsp3) is 0.300. The summed E-state index contributed by atoms with van der Waals surface area (Å²) in [5.41, 5.74) is 5.49. The molecule has 1 aromatic rings. The highest BCUT2D eigenvalue weighted by molar-refractivity contribution is 7.75. The molecule has 0 saturated heterocycles. The quantitative estimate of drug-likeness (QED) is 0.266. The molecule has 9 heteroatoms. The highest BCUT2D eigenvalue weighted by atomic mass is 32.1. The minimum Gasteiger partial charge on any atom is -0.480 e. The topological polar surface area (TPSA) is 136 Å². The minimum atomic E-state index is -1.16. The Morgan fingerprint density at radius 2 is 2.16 bits per heavy atom. The molecule has 0 heterocycles. The number of thiol groups is 1. The van der Waals surface area contributed by atoms with Gasteiger partial charge >= 0.3 is 11.7 Å². The largest absolute Gasteiger partial charge is 0.480 e. The van der Waals surface area contributed by atoms with E-state index in [-0.39, 0.29) is 17.9 Å². The average molecular weight is 290 g/mol. The number of nitrogens with zero attached hydrogens (tertiary/aromatic N) is 1. The Balaban J connectivity index is 0.00000154. The number of hydrogen-bond donors (Lipinski definition) is 4. The van der Waals surface area contributed by atoms with Crippen LogP contribution in [0.15, 0.2) is 18.2 Å². The van der Waals surface area contributed by atoms with Gasteiger partial charge < -0.3 is 20.1 Å². The monoisotopic (exact) mass is 290 g/mol. The number of aliphatic hydroxyl groups is 1. The third-order valence-electron chi connectivity index (χ3n) is 2.09. The van der Waals surface area contributed by atoms with Crippen molar-refractivity contribution in [2.45, 2.75) is 12.5 Å². The van der Waals surface area contributed by atoms with Crippen LogP contribution >= 0.6 is 12.9 Å². The van der Waals surface area contributed by atoms with E-state index >= 15 is 0 Å². The van der Waals surface area contributed by atoms with Crippen LogP contribution in [0.2, 0.25) is 0 Å². The molecule has 0 aliphatic carbocycles. The normalized spacial score (nSPS) is 10.9. The highest BCUT2D eigenvalue weighted by Gasteiger charge is 2.18. The molecule has 0 fully saturated rings. The number of aliphatic carboxylic acids is 1. The summed E-state index contributed by atoms with van der Waals surface area (Å²) in [6.45, 7) is 0. The SMILES string of the molecule is CO.NC(Cc1ccc(OS)c([N+](=O)[O-])c1)C(=O)O. The van der Waals surface area contributed by atoms with Gasteiger partial charge in [-0.2, -0.15) is 0 Å². The number of aliphatic hydroxyl groups excluding tert-OH is 1. The first-order valence-electron chi connectivity index (χ1n) is 4.97. The molecular formula is C10H14N2O6S. The van der Waals surface area contributed by atoms with E-state index in [1.54, 1.807) is 0 Å². The summed E-state index contributed by atoms with van der Waals surface area (Å²) in [6.07, 6.45) is 0.00300. The summed E-state index contributed by atoms with van der Waals surface area (Å²) in [5.74, 6) is -1.17. The van der Waals surface area contributed by atoms with E-state index in [1.807, 2.05) is 0 Å². The number of benzene rings is 1. The van der Waals surface area contributed by atoms with Gasteiger partial charge in [-0.15, -0.1) is 0 Å². The van der Waals surface area contributed by atoms with E-state index in [1.165, 1.54) is 18.2 Å². The summed E-state index contributed by atoms with van der Waals surface area (Å²) in [5, 5.41) is 26.3. The summed E-state index contributed by atoms with van der Waals surface area (Å²) < 4.78 is 4.52. The second-order valence-electron chi connectivity index (χ2n) is 3.30. The van der Waals surface area contributed by atoms with Crippen molar-refractivity contribution in [1.82, 2.24) is 0 Å². The first-order chi connectivity index (χ1) is 8.95. The molecule has 1 atom stereocenters.